The van der Waals surface area contributed by atoms with Gasteiger partial charge in [0.15, 0.2) is 0 Å². The Morgan fingerprint density at radius 2 is 1.89 bits per heavy atom. The van der Waals surface area contributed by atoms with E-state index in [2.05, 4.69) is 0 Å². The van der Waals surface area contributed by atoms with Gasteiger partial charge in [0, 0.05) is 5.56 Å². The lowest BCUT2D eigenvalue weighted by Crippen LogP contribution is -2.17. The van der Waals surface area contributed by atoms with Crippen molar-refractivity contribution in [2.75, 3.05) is 0 Å². The minimum atomic E-state index is -0.996. The fourth-order valence-electron chi connectivity index (χ4n) is 2.55. The maximum absolute atomic E-state index is 11.4. The number of carbonyl (C=O) groups is 2. The minimum Gasteiger partial charge on any atom is -0.481 e. The fourth-order valence-corrected chi connectivity index (χ4v) is 2.55. The van der Waals surface area contributed by atoms with E-state index >= 15 is 0 Å². The van der Waals surface area contributed by atoms with Crippen molar-refractivity contribution in [2.45, 2.75) is 12.5 Å². The zero-order valence-electron chi connectivity index (χ0n) is 10.1. The number of carbonyl (C=O) groups excluding carboxylic acids is 1. The molecule has 0 saturated carbocycles. The Balaban J connectivity index is 2.13. The highest BCUT2D eigenvalue weighted by molar-refractivity contribution is 5.89. The van der Waals surface area contributed by atoms with Gasteiger partial charge in [0.1, 0.15) is 12.0 Å². The largest absolute Gasteiger partial charge is 0.481 e. The third-order valence-corrected chi connectivity index (χ3v) is 3.46. The van der Waals surface area contributed by atoms with Crippen LogP contribution in [-0.2, 0) is 14.3 Å². The van der Waals surface area contributed by atoms with Crippen LogP contribution in [0.4, 0.5) is 0 Å². The van der Waals surface area contributed by atoms with Crippen molar-refractivity contribution in [1.29, 1.82) is 0 Å². The average Bonchev–Trinajstić information content (AvgIpc) is 2.80. The molecule has 1 fully saturated rings. The molecule has 2 aromatic rings. The van der Waals surface area contributed by atoms with Gasteiger partial charge in [-0.15, -0.1) is 0 Å². The van der Waals surface area contributed by atoms with E-state index in [4.69, 9.17) is 4.74 Å². The molecule has 1 aliphatic heterocycles. The third kappa shape index (κ3) is 1.95. The van der Waals surface area contributed by atoms with E-state index in [1.165, 1.54) is 0 Å². The number of aliphatic carboxylic acids is 1. The topological polar surface area (TPSA) is 63.6 Å². The molecular weight excluding hydrogens is 244 g/mol. The molecule has 1 saturated heterocycles. The predicted octanol–water partition coefficient (Wildman–Crippen LogP) is 2.53. The molecule has 19 heavy (non-hydrogen) atoms. The number of esters is 1. The van der Waals surface area contributed by atoms with Crippen LogP contribution >= 0.6 is 0 Å². The van der Waals surface area contributed by atoms with Crippen LogP contribution in [0.25, 0.3) is 10.8 Å². The quantitative estimate of drug-likeness (QED) is 0.838. The van der Waals surface area contributed by atoms with Crippen LogP contribution in [0.5, 0.6) is 0 Å². The summed E-state index contributed by atoms with van der Waals surface area (Å²) in [7, 11) is 0. The molecule has 0 amide bonds. The van der Waals surface area contributed by atoms with Gasteiger partial charge in [-0.1, -0.05) is 42.5 Å². The van der Waals surface area contributed by atoms with Crippen molar-refractivity contribution in [3.8, 4) is 0 Å². The summed E-state index contributed by atoms with van der Waals surface area (Å²) in [6, 6.07) is 13.3. The molecule has 1 aliphatic rings. The summed E-state index contributed by atoms with van der Waals surface area (Å²) in [5.41, 5.74) is 0.761. The molecule has 0 aromatic heterocycles. The molecule has 2 atom stereocenters. The number of fused-ring (bicyclic) bond motifs is 1. The first-order chi connectivity index (χ1) is 9.16. The molecule has 4 heteroatoms. The van der Waals surface area contributed by atoms with Crippen LogP contribution in [0.1, 0.15) is 18.1 Å². The lowest BCUT2D eigenvalue weighted by atomic mass is 9.92. The summed E-state index contributed by atoms with van der Waals surface area (Å²) >= 11 is 0. The number of hydrogen-bond acceptors (Lipinski definition) is 3. The Morgan fingerprint density at radius 3 is 2.68 bits per heavy atom. The Bertz CT molecular complexity index is 657. The van der Waals surface area contributed by atoms with Gasteiger partial charge < -0.3 is 9.84 Å². The predicted molar refractivity (Wildman–Crippen MR) is 68.5 cm³/mol. The molecule has 1 N–H and O–H groups in total. The van der Waals surface area contributed by atoms with Crippen LogP contribution < -0.4 is 0 Å². The maximum atomic E-state index is 11.4. The van der Waals surface area contributed by atoms with E-state index in [9.17, 15) is 14.7 Å². The summed E-state index contributed by atoms with van der Waals surface area (Å²) in [6.45, 7) is 0. The monoisotopic (exact) mass is 256 g/mol. The molecule has 1 heterocycles. The van der Waals surface area contributed by atoms with Crippen molar-refractivity contribution in [3.63, 3.8) is 0 Å². The van der Waals surface area contributed by atoms with Crippen LogP contribution in [-0.4, -0.2) is 17.0 Å². The van der Waals surface area contributed by atoms with E-state index in [1.54, 1.807) is 0 Å². The highest BCUT2D eigenvalue weighted by Crippen LogP contribution is 2.38. The van der Waals surface area contributed by atoms with Crippen LogP contribution in [0, 0.1) is 5.92 Å². The summed E-state index contributed by atoms with van der Waals surface area (Å²) in [6.07, 6.45) is -0.764. The van der Waals surface area contributed by atoms with E-state index in [1.807, 2.05) is 42.5 Å². The molecule has 2 aromatic carbocycles. The van der Waals surface area contributed by atoms with Crippen LogP contribution in [0.2, 0.25) is 0 Å². The van der Waals surface area contributed by atoms with Gasteiger partial charge in [-0.25, -0.2) is 0 Å². The highest BCUT2D eigenvalue weighted by Gasteiger charge is 2.41. The number of cyclic esters (lactones) is 1. The van der Waals surface area contributed by atoms with Crippen molar-refractivity contribution >= 4 is 22.7 Å². The normalized spacial score (nSPS) is 22.4. The van der Waals surface area contributed by atoms with E-state index < -0.39 is 24.0 Å². The van der Waals surface area contributed by atoms with Gasteiger partial charge in [0.05, 0.1) is 6.42 Å². The molecule has 96 valence electrons. The molecule has 2 unspecified atom stereocenters. The lowest BCUT2D eigenvalue weighted by Gasteiger charge is -2.16. The van der Waals surface area contributed by atoms with Crippen molar-refractivity contribution < 1.29 is 19.4 Å². The van der Waals surface area contributed by atoms with E-state index in [-0.39, 0.29) is 6.42 Å². The molecular formula is C15H12O4. The molecule has 0 aliphatic carbocycles. The van der Waals surface area contributed by atoms with Gasteiger partial charge in [-0.2, -0.15) is 0 Å². The van der Waals surface area contributed by atoms with Crippen molar-refractivity contribution in [3.05, 3.63) is 48.0 Å². The second kappa shape index (κ2) is 4.39. The average molecular weight is 256 g/mol. The zero-order chi connectivity index (χ0) is 13.4. The van der Waals surface area contributed by atoms with Crippen LogP contribution in [0.3, 0.4) is 0 Å². The highest BCUT2D eigenvalue weighted by atomic mass is 16.6. The Hall–Kier alpha value is -2.36. The van der Waals surface area contributed by atoms with E-state index in [0.717, 1.165) is 16.3 Å². The summed E-state index contributed by atoms with van der Waals surface area (Å²) in [4.78, 5) is 22.6. The molecule has 0 bridgehead atoms. The van der Waals surface area contributed by atoms with Gasteiger partial charge in [0.25, 0.3) is 0 Å². The maximum Gasteiger partial charge on any atom is 0.311 e. The first kappa shape index (κ1) is 11.7. The molecule has 0 radical (unpaired) electrons. The minimum absolute atomic E-state index is 0.0662. The van der Waals surface area contributed by atoms with E-state index in [0.29, 0.717) is 0 Å². The number of carboxylic acid groups (broad SMARTS) is 1. The molecule has 0 spiro atoms. The van der Waals surface area contributed by atoms with Gasteiger partial charge in [0.2, 0.25) is 0 Å². The number of hydrogen-bond donors (Lipinski definition) is 1. The second-order valence-electron chi connectivity index (χ2n) is 4.63. The van der Waals surface area contributed by atoms with Gasteiger partial charge in [-0.05, 0) is 10.8 Å². The Kier molecular flexibility index (Phi) is 2.71. The molecule has 3 rings (SSSR count). The van der Waals surface area contributed by atoms with Crippen molar-refractivity contribution in [1.82, 2.24) is 0 Å². The SMILES string of the molecule is O=C1CC(C(=O)O)C(c2cccc3ccccc23)O1. The second-order valence-corrected chi connectivity index (χ2v) is 4.63. The third-order valence-electron chi connectivity index (χ3n) is 3.46. The number of benzene rings is 2. The Morgan fingerprint density at radius 1 is 1.16 bits per heavy atom. The first-order valence-electron chi connectivity index (χ1n) is 6.07. The Labute approximate surface area is 109 Å². The standard InChI is InChI=1S/C15H12O4/c16-13-8-12(15(17)18)14(19-13)11-7-3-5-9-4-1-2-6-10(9)11/h1-7,12,14H,8H2,(H,17,18). The number of carboxylic acids is 1. The smallest absolute Gasteiger partial charge is 0.311 e. The zero-order valence-corrected chi connectivity index (χ0v) is 10.1. The fraction of sp³-hybridized carbons (Fsp3) is 0.200. The van der Waals surface area contributed by atoms with Gasteiger partial charge in [-0.3, -0.25) is 9.59 Å². The first-order valence-corrected chi connectivity index (χ1v) is 6.07. The van der Waals surface area contributed by atoms with Crippen molar-refractivity contribution in [2.24, 2.45) is 5.92 Å². The van der Waals surface area contributed by atoms with Crippen LogP contribution in [0.15, 0.2) is 42.5 Å². The number of rotatable bonds is 2. The lowest BCUT2D eigenvalue weighted by molar-refractivity contribution is -0.144. The summed E-state index contributed by atoms with van der Waals surface area (Å²) in [5, 5.41) is 11.1. The summed E-state index contributed by atoms with van der Waals surface area (Å²) < 4.78 is 5.21. The number of ether oxygens (including phenoxy) is 1. The molecule has 4 nitrogen and oxygen atoms in total. The van der Waals surface area contributed by atoms with Gasteiger partial charge >= 0.3 is 11.9 Å². The summed E-state index contributed by atoms with van der Waals surface area (Å²) in [5.74, 6) is -2.26.